The van der Waals surface area contributed by atoms with Gasteiger partial charge in [-0.3, -0.25) is 28.9 Å². The predicted octanol–water partition coefficient (Wildman–Crippen LogP) is 2.53. The van der Waals surface area contributed by atoms with Gasteiger partial charge in [-0.1, -0.05) is 17.7 Å². The van der Waals surface area contributed by atoms with Crippen LogP contribution in [0.3, 0.4) is 0 Å². The van der Waals surface area contributed by atoms with Gasteiger partial charge in [-0.05, 0) is 61.9 Å². The quantitative estimate of drug-likeness (QED) is 0.309. The molecule has 4 aromatic rings. The summed E-state index contributed by atoms with van der Waals surface area (Å²) in [6, 6.07) is 12.0. The molecule has 1 fully saturated rings. The number of morpholine rings is 1. The minimum Gasteiger partial charge on any atom is -0.379 e. The van der Waals surface area contributed by atoms with Gasteiger partial charge < -0.3 is 10.1 Å². The highest BCUT2D eigenvalue weighted by molar-refractivity contribution is 6.30. The Balaban J connectivity index is 1.56. The second-order valence-electron chi connectivity index (χ2n) is 8.82. The van der Waals surface area contributed by atoms with E-state index < -0.39 is 5.91 Å². The van der Waals surface area contributed by atoms with Crippen LogP contribution in [0.5, 0.6) is 0 Å². The van der Waals surface area contributed by atoms with Crippen molar-refractivity contribution in [3.8, 4) is 5.69 Å². The maximum absolute atomic E-state index is 13.5. The molecular weight excluding hydrogens is 480 g/mol. The molecule has 1 aliphatic heterocycles. The van der Waals surface area contributed by atoms with E-state index in [4.69, 9.17) is 26.7 Å². The van der Waals surface area contributed by atoms with Crippen LogP contribution >= 0.6 is 11.6 Å². The number of hydrogen-bond donors (Lipinski definition) is 2. The number of carbonyl (C=O) groups is 1. The first-order valence-electron chi connectivity index (χ1n) is 11.9. The Morgan fingerprint density at radius 1 is 1.17 bits per heavy atom. The third-order valence-electron chi connectivity index (χ3n) is 6.41. The first-order chi connectivity index (χ1) is 17.4. The van der Waals surface area contributed by atoms with Crippen molar-refractivity contribution in [2.75, 3.05) is 39.4 Å². The van der Waals surface area contributed by atoms with E-state index in [1.165, 1.54) is 15.0 Å². The van der Waals surface area contributed by atoms with E-state index in [2.05, 4.69) is 10.2 Å². The summed E-state index contributed by atoms with van der Waals surface area (Å²) < 4.78 is 8.37. The van der Waals surface area contributed by atoms with Crippen LogP contribution in [0.4, 0.5) is 0 Å². The average Bonchev–Trinajstić information content (AvgIpc) is 2.88. The van der Waals surface area contributed by atoms with Crippen molar-refractivity contribution >= 4 is 34.2 Å². The van der Waals surface area contributed by atoms with Crippen molar-refractivity contribution in [1.29, 1.82) is 5.41 Å². The van der Waals surface area contributed by atoms with E-state index in [-0.39, 0.29) is 22.0 Å². The molecule has 2 N–H and O–H groups in total. The molecule has 0 atom stereocenters. The zero-order valence-electron chi connectivity index (χ0n) is 20.0. The molecule has 1 saturated heterocycles. The lowest BCUT2D eigenvalue weighted by atomic mass is 10.1. The number of hydrogen-bond acceptors (Lipinski definition) is 6. The lowest BCUT2D eigenvalue weighted by molar-refractivity contribution is 0.0374. The molecule has 186 valence electrons. The number of halogens is 1. The average molecular weight is 507 g/mol. The minimum absolute atomic E-state index is 0.0552. The topological polar surface area (TPSA) is 105 Å². The first kappa shape index (κ1) is 24.2. The fraction of sp³-hybridized carbons (Fsp3) is 0.308. The monoisotopic (exact) mass is 506 g/mol. The van der Waals surface area contributed by atoms with E-state index in [9.17, 15) is 9.59 Å². The molecule has 0 aliphatic carbocycles. The number of ether oxygens (including phenoxy) is 1. The minimum atomic E-state index is -0.402. The largest absolute Gasteiger partial charge is 0.379 e. The van der Waals surface area contributed by atoms with Crippen LogP contribution in [0.2, 0.25) is 5.02 Å². The number of benzene rings is 1. The van der Waals surface area contributed by atoms with Gasteiger partial charge in [0.25, 0.3) is 11.5 Å². The molecule has 0 radical (unpaired) electrons. The fourth-order valence-corrected chi connectivity index (χ4v) is 4.60. The number of amides is 1. The third kappa shape index (κ3) is 4.65. The summed E-state index contributed by atoms with van der Waals surface area (Å²) in [7, 11) is 0. The number of aryl methyl sites for hydroxylation is 1. The normalized spacial score (nSPS) is 14.4. The predicted molar refractivity (Wildman–Crippen MR) is 138 cm³/mol. The van der Waals surface area contributed by atoms with Crippen molar-refractivity contribution < 1.29 is 9.53 Å². The number of pyridine rings is 2. The molecule has 5 rings (SSSR count). The Kier molecular flexibility index (Phi) is 6.86. The molecule has 1 amide bonds. The number of aromatic nitrogens is 3. The number of nitrogens with zero attached hydrogens (tertiary/aromatic N) is 4. The number of nitrogens with one attached hydrogen (secondary N) is 2. The van der Waals surface area contributed by atoms with E-state index in [0.29, 0.717) is 28.5 Å². The second-order valence-corrected chi connectivity index (χ2v) is 9.26. The van der Waals surface area contributed by atoms with Gasteiger partial charge in [0.05, 0.1) is 24.2 Å². The molecule has 1 aromatic carbocycles. The lowest BCUT2D eigenvalue weighted by Gasteiger charge is -2.26. The van der Waals surface area contributed by atoms with E-state index >= 15 is 0 Å². The van der Waals surface area contributed by atoms with Gasteiger partial charge in [-0.25, -0.2) is 4.98 Å². The summed E-state index contributed by atoms with van der Waals surface area (Å²) in [5, 5.41) is 12.6. The molecule has 0 saturated carbocycles. The van der Waals surface area contributed by atoms with Gasteiger partial charge in [-0.2, -0.15) is 0 Å². The zero-order chi connectivity index (χ0) is 25.2. The van der Waals surface area contributed by atoms with Gasteiger partial charge in [-0.15, -0.1) is 0 Å². The summed E-state index contributed by atoms with van der Waals surface area (Å²) in [5.41, 5.74) is 1.97. The summed E-state index contributed by atoms with van der Waals surface area (Å²) in [4.78, 5) is 33.7. The Morgan fingerprint density at radius 3 is 2.67 bits per heavy atom. The van der Waals surface area contributed by atoms with Crippen molar-refractivity contribution in [3.05, 3.63) is 80.7 Å². The van der Waals surface area contributed by atoms with Crippen molar-refractivity contribution in [2.24, 2.45) is 0 Å². The van der Waals surface area contributed by atoms with Crippen LogP contribution in [0.15, 0.2) is 53.5 Å². The van der Waals surface area contributed by atoms with Gasteiger partial charge >= 0.3 is 0 Å². The summed E-state index contributed by atoms with van der Waals surface area (Å²) in [5.74, 6) is -0.402. The number of rotatable bonds is 6. The molecule has 0 bridgehead atoms. The third-order valence-corrected chi connectivity index (χ3v) is 6.67. The van der Waals surface area contributed by atoms with Gasteiger partial charge in [0.1, 0.15) is 11.1 Å². The van der Waals surface area contributed by atoms with Crippen molar-refractivity contribution in [1.82, 2.24) is 24.2 Å². The van der Waals surface area contributed by atoms with Gasteiger partial charge in [0.2, 0.25) is 0 Å². The summed E-state index contributed by atoms with van der Waals surface area (Å²) in [6.07, 6.45) is 2.43. The maximum Gasteiger partial charge on any atom is 0.267 e. The van der Waals surface area contributed by atoms with Crippen molar-refractivity contribution in [2.45, 2.75) is 13.3 Å². The summed E-state index contributed by atoms with van der Waals surface area (Å²) >= 11 is 6.09. The second kappa shape index (κ2) is 10.2. The van der Waals surface area contributed by atoms with E-state index in [1.807, 2.05) is 13.0 Å². The highest BCUT2D eigenvalue weighted by atomic mass is 35.5. The van der Waals surface area contributed by atoms with Crippen LogP contribution in [0.1, 0.15) is 22.3 Å². The molecule has 9 nitrogen and oxygen atoms in total. The van der Waals surface area contributed by atoms with Crippen LogP contribution in [-0.2, 0) is 4.74 Å². The molecule has 4 heterocycles. The van der Waals surface area contributed by atoms with Crippen LogP contribution in [-0.4, -0.2) is 64.2 Å². The van der Waals surface area contributed by atoms with Crippen molar-refractivity contribution in [3.63, 3.8) is 0 Å². The Hall–Kier alpha value is -3.53. The van der Waals surface area contributed by atoms with E-state index in [0.717, 1.165) is 44.8 Å². The highest BCUT2D eigenvalue weighted by Gasteiger charge is 2.19. The van der Waals surface area contributed by atoms with E-state index in [1.54, 1.807) is 36.5 Å². The van der Waals surface area contributed by atoms with Crippen LogP contribution in [0, 0.1) is 12.3 Å². The molecule has 0 unspecified atom stereocenters. The molecule has 10 heteroatoms. The highest BCUT2D eigenvalue weighted by Crippen LogP contribution is 2.18. The molecule has 3 aromatic heterocycles. The number of fused-ring (bicyclic) bond motifs is 2. The maximum atomic E-state index is 13.5. The molecule has 1 aliphatic rings. The molecule has 0 spiro atoms. The SMILES string of the molecule is Cc1cccn2c(=O)c3cc(C(=O)NCCCN4CCOCC4)c(=N)n(-c4ccc(Cl)cc4)c3nc12. The zero-order valence-corrected chi connectivity index (χ0v) is 20.7. The lowest BCUT2D eigenvalue weighted by Crippen LogP contribution is -2.39. The standard InChI is InChI=1S/C26H27ClN6O3/c1-17-4-2-11-32-23(17)30-24-21(26(32)35)16-20(22(28)33(24)19-7-5-18(27)6-8-19)25(34)29-9-3-10-31-12-14-36-15-13-31/h2,4-8,11,16,28H,3,9-10,12-15H2,1H3,(H,29,34). The van der Waals surface area contributed by atoms with Gasteiger partial charge in [0, 0.05) is 36.5 Å². The number of carbonyl (C=O) groups excluding carboxylic acids is 1. The Labute approximate surface area is 212 Å². The smallest absolute Gasteiger partial charge is 0.267 e. The fourth-order valence-electron chi connectivity index (χ4n) is 4.48. The van der Waals surface area contributed by atoms with Crippen LogP contribution in [0.25, 0.3) is 22.4 Å². The van der Waals surface area contributed by atoms with Crippen LogP contribution < -0.4 is 16.4 Å². The van der Waals surface area contributed by atoms with Gasteiger partial charge in [0.15, 0.2) is 5.65 Å². The summed E-state index contributed by atoms with van der Waals surface area (Å²) in [6.45, 7) is 6.43. The Bertz CT molecular complexity index is 1560. The first-order valence-corrected chi connectivity index (χ1v) is 12.3. The molecular formula is C26H27ClN6O3. The Morgan fingerprint density at radius 2 is 1.92 bits per heavy atom. The molecule has 36 heavy (non-hydrogen) atoms.